The Labute approximate surface area is 139 Å². The maximum atomic E-state index is 12.3. The molecule has 0 unspecified atom stereocenters. The van der Waals surface area contributed by atoms with E-state index < -0.39 is 23.9 Å². The summed E-state index contributed by atoms with van der Waals surface area (Å²) in [5, 5.41) is 7.59. The summed E-state index contributed by atoms with van der Waals surface area (Å²) in [7, 11) is 1.44. The lowest BCUT2D eigenvalue weighted by atomic mass is 10.0. The van der Waals surface area contributed by atoms with Crippen LogP contribution < -0.4 is 16.0 Å². The van der Waals surface area contributed by atoms with E-state index in [0.717, 1.165) is 25.7 Å². The maximum absolute atomic E-state index is 12.3. The highest BCUT2D eigenvalue weighted by Gasteiger charge is 2.27. The number of likely N-dealkylation sites (N-methyl/N-ethyl adjacent to an activating group) is 1. The monoisotopic (exact) mass is 323 g/mol. The van der Waals surface area contributed by atoms with Crippen LogP contribution in [0.3, 0.4) is 0 Å². The van der Waals surface area contributed by atoms with Gasteiger partial charge in [-0.2, -0.15) is 0 Å². The van der Waals surface area contributed by atoms with Gasteiger partial charge in [0, 0.05) is 13.5 Å². The van der Waals surface area contributed by atoms with Crippen molar-refractivity contribution >= 4 is 17.7 Å². The average molecular weight is 323 g/mol. The smallest absolute Gasteiger partial charge is 0.254 e. The number of unbranched alkanes of at least 4 members (excludes halogenated alkanes) is 3. The molecular weight excluding hydrogens is 294 g/mol. The predicted molar refractivity (Wildman–Crippen MR) is 90.4 cm³/mol. The second-order valence-electron chi connectivity index (χ2n) is 5.82. The molecule has 0 heterocycles. The molecule has 0 aromatic rings. The molecule has 0 saturated carbocycles. The Bertz CT molecular complexity index is 441. The van der Waals surface area contributed by atoms with Crippen molar-refractivity contribution in [3.05, 3.63) is 0 Å². The van der Waals surface area contributed by atoms with Gasteiger partial charge in [0.1, 0.15) is 6.04 Å². The van der Waals surface area contributed by atoms with Crippen molar-refractivity contribution < 1.29 is 14.4 Å². The molecule has 130 valence electrons. The molecule has 0 rings (SSSR count). The van der Waals surface area contributed by atoms with E-state index in [1.54, 1.807) is 0 Å². The van der Waals surface area contributed by atoms with Crippen molar-refractivity contribution in [3.63, 3.8) is 0 Å². The van der Waals surface area contributed by atoms with E-state index in [4.69, 9.17) is 6.42 Å². The minimum absolute atomic E-state index is 0.113. The zero-order chi connectivity index (χ0) is 17.8. The second-order valence-corrected chi connectivity index (χ2v) is 5.82. The van der Waals surface area contributed by atoms with Crippen molar-refractivity contribution in [2.75, 3.05) is 7.05 Å². The van der Waals surface area contributed by atoms with Gasteiger partial charge in [-0.3, -0.25) is 14.4 Å². The summed E-state index contributed by atoms with van der Waals surface area (Å²) in [6.45, 7) is 5.76. The Hall–Kier alpha value is -2.03. The van der Waals surface area contributed by atoms with Crippen LogP contribution in [0.1, 0.15) is 52.9 Å². The molecule has 0 aromatic carbocycles. The summed E-state index contributed by atoms with van der Waals surface area (Å²) >= 11 is 0. The number of amides is 3. The van der Waals surface area contributed by atoms with Crippen LogP contribution in [-0.2, 0) is 14.4 Å². The number of nitrogens with one attached hydrogen (secondary N) is 3. The van der Waals surface area contributed by atoms with E-state index in [2.05, 4.69) is 28.8 Å². The number of terminal acetylenes is 1. The first-order chi connectivity index (χ1) is 10.9. The number of carbonyl (C=O) groups is 3. The van der Waals surface area contributed by atoms with Crippen LogP contribution >= 0.6 is 0 Å². The lowest BCUT2D eigenvalue weighted by Gasteiger charge is -2.23. The van der Waals surface area contributed by atoms with Crippen LogP contribution in [0.15, 0.2) is 0 Å². The highest BCUT2D eigenvalue weighted by Crippen LogP contribution is 2.06. The molecule has 0 aromatic heterocycles. The molecule has 23 heavy (non-hydrogen) atoms. The van der Waals surface area contributed by atoms with E-state index in [1.807, 2.05) is 13.8 Å². The Balaban J connectivity index is 4.60. The van der Waals surface area contributed by atoms with Gasteiger partial charge in [0.05, 0.1) is 0 Å². The number of rotatable bonds is 10. The van der Waals surface area contributed by atoms with Crippen LogP contribution in [0.5, 0.6) is 0 Å². The largest absolute Gasteiger partial charge is 0.357 e. The van der Waals surface area contributed by atoms with Crippen LogP contribution in [0.2, 0.25) is 0 Å². The number of hydrogen-bond acceptors (Lipinski definition) is 3. The predicted octanol–water partition coefficient (Wildman–Crippen LogP) is 0.962. The number of carbonyl (C=O) groups excluding carboxylic acids is 3. The van der Waals surface area contributed by atoms with Crippen LogP contribution in [0.25, 0.3) is 0 Å². The fourth-order valence-corrected chi connectivity index (χ4v) is 2.05. The van der Waals surface area contributed by atoms with Gasteiger partial charge in [-0.05, 0) is 12.3 Å². The molecule has 0 saturated heterocycles. The summed E-state index contributed by atoms with van der Waals surface area (Å²) in [4.78, 5) is 35.8. The molecule has 3 amide bonds. The van der Waals surface area contributed by atoms with Gasteiger partial charge in [0.2, 0.25) is 11.8 Å². The standard InChI is InChI=1S/C17H29N3O3/c1-6-8-9-10-11-14(21)20-15(12(3)4)17(23)19-13(7-2)16(22)18-5/h2,12-13,15H,6,8-11H2,1,3-5H3,(H,18,22)(H,19,23)(H,20,21)/t13-,15-/m0/s1. The first kappa shape index (κ1) is 21.0. The zero-order valence-electron chi connectivity index (χ0n) is 14.6. The van der Waals surface area contributed by atoms with Crippen LogP contribution in [0, 0.1) is 18.3 Å². The molecule has 6 heteroatoms. The molecule has 0 radical (unpaired) electrons. The van der Waals surface area contributed by atoms with Gasteiger partial charge in [0.25, 0.3) is 5.91 Å². The number of hydrogen-bond donors (Lipinski definition) is 3. The van der Waals surface area contributed by atoms with E-state index in [1.165, 1.54) is 7.05 Å². The minimum Gasteiger partial charge on any atom is -0.357 e. The molecule has 0 fully saturated rings. The minimum atomic E-state index is -1.05. The SMILES string of the molecule is C#C[C@H](NC(=O)[C@@H](NC(=O)CCCCCC)C(C)C)C(=O)NC. The first-order valence-electron chi connectivity index (χ1n) is 8.14. The zero-order valence-corrected chi connectivity index (χ0v) is 14.6. The summed E-state index contributed by atoms with van der Waals surface area (Å²) in [6.07, 6.45) is 9.65. The lowest BCUT2D eigenvalue weighted by Crippen LogP contribution is -2.54. The lowest BCUT2D eigenvalue weighted by molar-refractivity contribution is -0.132. The third-order valence-corrected chi connectivity index (χ3v) is 3.48. The van der Waals surface area contributed by atoms with E-state index >= 15 is 0 Å². The molecule has 0 aliphatic heterocycles. The fourth-order valence-electron chi connectivity index (χ4n) is 2.05. The quantitative estimate of drug-likeness (QED) is 0.413. The normalized spacial score (nSPS) is 12.9. The van der Waals surface area contributed by atoms with Crippen LogP contribution in [0.4, 0.5) is 0 Å². The highest BCUT2D eigenvalue weighted by atomic mass is 16.2. The van der Waals surface area contributed by atoms with Gasteiger partial charge in [-0.25, -0.2) is 0 Å². The van der Waals surface area contributed by atoms with E-state index in [9.17, 15) is 14.4 Å². The highest BCUT2D eigenvalue weighted by molar-refractivity contribution is 5.93. The van der Waals surface area contributed by atoms with Crippen molar-refractivity contribution in [2.24, 2.45) is 5.92 Å². The molecule has 2 atom stereocenters. The Kier molecular flexibility index (Phi) is 10.5. The van der Waals surface area contributed by atoms with Gasteiger partial charge in [0.15, 0.2) is 6.04 Å². The summed E-state index contributed by atoms with van der Waals surface area (Å²) in [5.41, 5.74) is 0. The summed E-state index contributed by atoms with van der Waals surface area (Å²) < 4.78 is 0. The van der Waals surface area contributed by atoms with Gasteiger partial charge >= 0.3 is 0 Å². The maximum Gasteiger partial charge on any atom is 0.254 e. The molecule has 6 nitrogen and oxygen atoms in total. The van der Waals surface area contributed by atoms with Crippen molar-refractivity contribution in [1.82, 2.24) is 16.0 Å². The summed E-state index contributed by atoms with van der Waals surface area (Å²) in [6, 6.07) is -1.76. The van der Waals surface area contributed by atoms with Gasteiger partial charge in [-0.15, -0.1) is 6.42 Å². The molecule has 0 aliphatic carbocycles. The Morgan fingerprint density at radius 1 is 1.04 bits per heavy atom. The van der Waals surface area contributed by atoms with Crippen molar-refractivity contribution in [2.45, 2.75) is 65.0 Å². The van der Waals surface area contributed by atoms with Gasteiger partial charge in [-0.1, -0.05) is 46.0 Å². The van der Waals surface area contributed by atoms with E-state index in [-0.39, 0.29) is 11.8 Å². The molecule has 3 N–H and O–H groups in total. The third-order valence-electron chi connectivity index (χ3n) is 3.48. The Morgan fingerprint density at radius 3 is 2.17 bits per heavy atom. The molecule has 0 bridgehead atoms. The Morgan fingerprint density at radius 2 is 1.70 bits per heavy atom. The third kappa shape index (κ3) is 8.24. The van der Waals surface area contributed by atoms with Crippen molar-refractivity contribution in [1.29, 1.82) is 0 Å². The van der Waals surface area contributed by atoms with E-state index in [0.29, 0.717) is 6.42 Å². The first-order valence-corrected chi connectivity index (χ1v) is 8.14. The van der Waals surface area contributed by atoms with Crippen molar-refractivity contribution in [3.8, 4) is 12.3 Å². The molecular formula is C17H29N3O3. The average Bonchev–Trinajstić information content (AvgIpc) is 2.53. The second kappa shape index (κ2) is 11.5. The summed E-state index contributed by atoms with van der Waals surface area (Å²) in [5.74, 6) is 1.03. The fraction of sp³-hybridized carbons (Fsp3) is 0.706. The van der Waals surface area contributed by atoms with Gasteiger partial charge < -0.3 is 16.0 Å². The molecule has 0 spiro atoms. The molecule has 0 aliphatic rings. The van der Waals surface area contributed by atoms with Crippen LogP contribution in [-0.4, -0.2) is 36.9 Å². The topological polar surface area (TPSA) is 87.3 Å².